The van der Waals surface area contributed by atoms with E-state index >= 15 is 0 Å². The van der Waals surface area contributed by atoms with Crippen molar-refractivity contribution in [2.24, 2.45) is 0 Å². The molecule has 0 heterocycles. The van der Waals surface area contributed by atoms with Gasteiger partial charge in [-0.2, -0.15) is 0 Å². The van der Waals surface area contributed by atoms with Crippen LogP contribution in [0.5, 0.6) is 0 Å². The topological polar surface area (TPSA) is 49.3 Å². The van der Waals surface area contributed by atoms with E-state index in [1.54, 1.807) is 0 Å². The van der Waals surface area contributed by atoms with Gasteiger partial charge in [-0.25, -0.2) is 0 Å². The van der Waals surface area contributed by atoms with Gasteiger partial charge in [0.2, 0.25) is 5.91 Å². The second-order valence-electron chi connectivity index (χ2n) is 6.41. The molecule has 0 aliphatic rings. The van der Waals surface area contributed by atoms with Crippen LogP contribution in [0.15, 0.2) is 36.5 Å². The van der Waals surface area contributed by atoms with Crippen molar-refractivity contribution in [3.63, 3.8) is 0 Å². The number of allylic oxidation sites excluding steroid dienone is 6. The second kappa shape index (κ2) is 20.7. The minimum atomic E-state index is 0.00616. The predicted octanol–water partition coefficient (Wildman–Crippen LogP) is 5.46. The van der Waals surface area contributed by atoms with Crippen molar-refractivity contribution in [2.45, 2.75) is 84.0 Å². The van der Waals surface area contributed by atoms with E-state index in [4.69, 9.17) is 5.11 Å². The number of rotatable bonds is 17. The Labute approximate surface area is 155 Å². The number of nitrogens with one attached hydrogen (secondary N) is 1. The quantitative estimate of drug-likeness (QED) is 0.270. The second-order valence-corrected chi connectivity index (χ2v) is 6.41. The summed E-state index contributed by atoms with van der Waals surface area (Å²) < 4.78 is 0. The molecule has 0 rings (SSSR count). The molecule has 0 aromatic carbocycles. The van der Waals surface area contributed by atoms with Crippen LogP contribution in [-0.4, -0.2) is 24.2 Å². The maximum absolute atomic E-state index is 11.3. The fourth-order valence-corrected chi connectivity index (χ4v) is 2.48. The van der Waals surface area contributed by atoms with Crippen LogP contribution >= 0.6 is 0 Å². The van der Waals surface area contributed by atoms with Crippen molar-refractivity contribution in [3.8, 4) is 0 Å². The molecule has 0 spiro atoms. The number of hydrogen-bond acceptors (Lipinski definition) is 2. The van der Waals surface area contributed by atoms with Crippen LogP contribution in [0, 0.1) is 0 Å². The summed E-state index contributed by atoms with van der Waals surface area (Å²) >= 11 is 0. The molecule has 25 heavy (non-hydrogen) atoms. The van der Waals surface area contributed by atoms with Gasteiger partial charge in [-0.1, -0.05) is 75.5 Å². The molecule has 0 aromatic rings. The standard InChI is InChI=1S/C22H39NO2/c1-2-3-4-5-6-7-8-9-10-11-12-13-14-15-16-17-18-19-22(25)23-20-21-24/h9-10,12-13,15-16,24H,2-8,11,14,17-21H2,1H3,(H,23,25). The summed E-state index contributed by atoms with van der Waals surface area (Å²) in [7, 11) is 0. The van der Waals surface area contributed by atoms with Crippen LogP contribution in [0.1, 0.15) is 84.0 Å². The van der Waals surface area contributed by atoms with E-state index in [1.165, 1.54) is 44.9 Å². The average molecular weight is 350 g/mol. The Hall–Kier alpha value is -1.35. The molecule has 3 nitrogen and oxygen atoms in total. The van der Waals surface area contributed by atoms with Crippen molar-refractivity contribution in [2.75, 3.05) is 13.2 Å². The molecule has 0 fully saturated rings. The third-order valence-corrected chi connectivity index (χ3v) is 3.98. The molecule has 0 aliphatic heterocycles. The van der Waals surface area contributed by atoms with Crippen LogP contribution in [0.3, 0.4) is 0 Å². The first kappa shape index (κ1) is 23.6. The number of carbonyl (C=O) groups is 1. The van der Waals surface area contributed by atoms with Gasteiger partial charge < -0.3 is 10.4 Å². The van der Waals surface area contributed by atoms with Gasteiger partial charge in [0.05, 0.1) is 6.61 Å². The molecule has 144 valence electrons. The lowest BCUT2D eigenvalue weighted by atomic mass is 10.1. The highest BCUT2D eigenvalue weighted by molar-refractivity contribution is 5.75. The first-order chi connectivity index (χ1) is 12.3. The Morgan fingerprint density at radius 2 is 1.36 bits per heavy atom. The molecule has 0 saturated heterocycles. The maximum Gasteiger partial charge on any atom is 0.220 e. The molecule has 0 aromatic heterocycles. The van der Waals surface area contributed by atoms with Gasteiger partial charge >= 0.3 is 0 Å². The van der Waals surface area contributed by atoms with Crippen molar-refractivity contribution in [3.05, 3.63) is 36.5 Å². The average Bonchev–Trinajstić information content (AvgIpc) is 2.62. The molecule has 1 amide bonds. The molecule has 0 bridgehead atoms. The Balaban J connectivity index is 3.36. The van der Waals surface area contributed by atoms with Crippen molar-refractivity contribution >= 4 is 5.91 Å². The fourth-order valence-electron chi connectivity index (χ4n) is 2.48. The molecular formula is C22H39NO2. The maximum atomic E-state index is 11.3. The summed E-state index contributed by atoms with van der Waals surface area (Å²) in [5.74, 6) is 0.0232. The first-order valence-corrected chi connectivity index (χ1v) is 10.1. The normalized spacial score (nSPS) is 11.9. The van der Waals surface area contributed by atoms with Gasteiger partial charge in [-0.3, -0.25) is 4.79 Å². The SMILES string of the molecule is CCCCCCCCC=CCC=CCC=CCCCC(=O)NCCO. The predicted molar refractivity (Wildman–Crippen MR) is 109 cm³/mol. The van der Waals surface area contributed by atoms with Gasteiger partial charge in [0.15, 0.2) is 0 Å². The Morgan fingerprint density at radius 3 is 2.00 bits per heavy atom. The molecule has 0 saturated carbocycles. The van der Waals surface area contributed by atoms with E-state index < -0.39 is 0 Å². The van der Waals surface area contributed by atoms with E-state index in [9.17, 15) is 4.79 Å². The monoisotopic (exact) mass is 349 g/mol. The van der Waals surface area contributed by atoms with E-state index in [1.807, 2.05) is 0 Å². The zero-order valence-corrected chi connectivity index (χ0v) is 16.2. The van der Waals surface area contributed by atoms with Gasteiger partial charge in [-0.15, -0.1) is 0 Å². The molecule has 3 heteroatoms. The Morgan fingerprint density at radius 1 is 0.800 bits per heavy atom. The van der Waals surface area contributed by atoms with Crippen molar-refractivity contribution < 1.29 is 9.90 Å². The third-order valence-electron chi connectivity index (χ3n) is 3.98. The lowest BCUT2D eigenvalue weighted by molar-refractivity contribution is -0.121. The summed E-state index contributed by atoms with van der Waals surface area (Å²) in [5.41, 5.74) is 0. The molecule has 0 aliphatic carbocycles. The number of aliphatic hydroxyl groups is 1. The van der Waals surface area contributed by atoms with Crippen molar-refractivity contribution in [1.29, 1.82) is 0 Å². The highest BCUT2D eigenvalue weighted by Gasteiger charge is 1.97. The lowest BCUT2D eigenvalue weighted by Crippen LogP contribution is -2.25. The van der Waals surface area contributed by atoms with Crippen LogP contribution in [0.4, 0.5) is 0 Å². The number of aliphatic hydroxyl groups excluding tert-OH is 1. The Kier molecular flexibility index (Phi) is 19.6. The van der Waals surface area contributed by atoms with E-state index in [2.05, 4.69) is 48.7 Å². The molecule has 0 radical (unpaired) electrons. The van der Waals surface area contributed by atoms with Crippen molar-refractivity contribution in [1.82, 2.24) is 5.32 Å². The highest BCUT2D eigenvalue weighted by atomic mass is 16.3. The number of unbranched alkanes of at least 4 members (excludes halogenated alkanes) is 7. The van der Waals surface area contributed by atoms with Crippen LogP contribution < -0.4 is 5.32 Å². The van der Waals surface area contributed by atoms with Gasteiger partial charge in [0, 0.05) is 13.0 Å². The van der Waals surface area contributed by atoms with Gasteiger partial charge in [0.1, 0.15) is 0 Å². The fraction of sp³-hybridized carbons (Fsp3) is 0.682. The van der Waals surface area contributed by atoms with E-state index in [0.29, 0.717) is 13.0 Å². The lowest BCUT2D eigenvalue weighted by Gasteiger charge is -2.00. The van der Waals surface area contributed by atoms with Crippen LogP contribution in [-0.2, 0) is 4.79 Å². The summed E-state index contributed by atoms with van der Waals surface area (Å²) in [6.45, 7) is 2.62. The number of amides is 1. The summed E-state index contributed by atoms with van der Waals surface area (Å²) in [4.78, 5) is 11.3. The first-order valence-electron chi connectivity index (χ1n) is 10.1. The molecule has 0 atom stereocenters. The van der Waals surface area contributed by atoms with E-state index in [0.717, 1.165) is 25.7 Å². The zero-order chi connectivity index (χ0) is 18.4. The summed E-state index contributed by atoms with van der Waals surface area (Å²) in [6.07, 6.45) is 27.0. The highest BCUT2D eigenvalue weighted by Crippen LogP contribution is 2.07. The third kappa shape index (κ3) is 20.6. The summed E-state index contributed by atoms with van der Waals surface area (Å²) in [6, 6.07) is 0. The van der Waals surface area contributed by atoms with E-state index in [-0.39, 0.29) is 12.5 Å². The zero-order valence-electron chi connectivity index (χ0n) is 16.2. The number of carbonyl (C=O) groups excluding carboxylic acids is 1. The largest absolute Gasteiger partial charge is 0.395 e. The number of hydrogen-bond donors (Lipinski definition) is 2. The molecule has 0 unspecified atom stereocenters. The van der Waals surface area contributed by atoms with Gasteiger partial charge in [-0.05, 0) is 38.5 Å². The smallest absolute Gasteiger partial charge is 0.220 e. The molecule has 2 N–H and O–H groups in total. The van der Waals surface area contributed by atoms with Gasteiger partial charge in [0.25, 0.3) is 0 Å². The molecular weight excluding hydrogens is 310 g/mol. The minimum absolute atomic E-state index is 0.00616. The minimum Gasteiger partial charge on any atom is -0.395 e. The Bertz CT molecular complexity index is 372. The van der Waals surface area contributed by atoms with Crippen LogP contribution in [0.2, 0.25) is 0 Å². The summed E-state index contributed by atoms with van der Waals surface area (Å²) in [5, 5.41) is 11.3. The van der Waals surface area contributed by atoms with Crippen LogP contribution in [0.25, 0.3) is 0 Å².